The largest absolute Gasteiger partial charge is 0.351 e. The fourth-order valence-electron chi connectivity index (χ4n) is 1.04. The molecule has 0 spiro atoms. The van der Waals surface area contributed by atoms with Crippen LogP contribution in [0.25, 0.3) is 0 Å². The van der Waals surface area contributed by atoms with Crippen molar-refractivity contribution in [3.63, 3.8) is 0 Å². The van der Waals surface area contributed by atoms with E-state index in [9.17, 15) is 0 Å². The molecule has 0 atom stereocenters. The Hall–Kier alpha value is -0.920. The molecular formula is C9H15N2. The van der Waals surface area contributed by atoms with Crippen LogP contribution in [0, 0.1) is 0 Å². The van der Waals surface area contributed by atoms with E-state index in [1.807, 2.05) is 24.8 Å². The van der Waals surface area contributed by atoms with Gasteiger partial charge in [-0.1, -0.05) is 19.8 Å². The first kappa shape index (κ1) is 8.18. The van der Waals surface area contributed by atoms with Gasteiger partial charge in [-0.15, -0.1) is 0 Å². The van der Waals surface area contributed by atoms with Crippen molar-refractivity contribution in [1.29, 1.82) is 0 Å². The van der Waals surface area contributed by atoms with Crippen molar-refractivity contribution in [3.05, 3.63) is 24.8 Å². The lowest BCUT2D eigenvalue weighted by Crippen LogP contribution is -2.14. The van der Waals surface area contributed by atoms with Gasteiger partial charge in [0.1, 0.15) is 0 Å². The molecule has 0 aromatic carbocycles. The molecule has 1 aliphatic heterocycles. The maximum absolute atomic E-state index is 3.95. The van der Waals surface area contributed by atoms with Gasteiger partial charge in [0.2, 0.25) is 0 Å². The molecule has 2 heteroatoms. The highest BCUT2D eigenvalue weighted by Gasteiger charge is 1.95. The molecule has 0 bridgehead atoms. The lowest BCUT2D eigenvalue weighted by molar-refractivity contribution is 0.466. The van der Waals surface area contributed by atoms with Gasteiger partial charge in [-0.05, 0) is 6.42 Å². The van der Waals surface area contributed by atoms with Crippen LogP contribution in [0.4, 0.5) is 0 Å². The molecule has 2 nitrogen and oxygen atoms in total. The Bertz CT molecular complexity index is 138. The second kappa shape index (κ2) is 4.83. The van der Waals surface area contributed by atoms with Gasteiger partial charge in [0, 0.05) is 31.3 Å². The minimum Gasteiger partial charge on any atom is -0.351 e. The summed E-state index contributed by atoms with van der Waals surface area (Å²) >= 11 is 0. The smallest absolute Gasteiger partial charge is 0.0430 e. The first-order chi connectivity index (χ1) is 5.43. The zero-order valence-corrected chi connectivity index (χ0v) is 7.03. The van der Waals surface area contributed by atoms with Crippen molar-refractivity contribution in [2.45, 2.75) is 26.2 Å². The highest BCUT2D eigenvalue weighted by atomic mass is 15.1. The van der Waals surface area contributed by atoms with Gasteiger partial charge in [0.15, 0.2) is 0 Å². The highest BCUT2D eigenvalue weighted by molar-refractivity contribution is 4.97. The van der Waals surface area contributed by atoms with Crippen LogP contribution in [0.3, 0.4) is 0 Å². The molecule has 0 aromatic heterocycles. The topological polar surface area (TPSA) is 17.3 Å². The van der Waals surface area contributed by atoms with Gasteiger partial charge in [-0.25, -0.2) is 0 Å². The Morgan fingerprint density at radius 2 is 1.91 bits per heavy atom. The van der Waals surface area contributed by atoms with Crippen LogP contribution in [-0.4, -0.2) is 11.4 Å². The molecule has 1 aliphatic rings. The lowest BCUT2D eigenvalue weighted by Gasteiger charge is -2.16. The lowest BCUT2D eigenvalue weighted by atomic mass is 10.2. The Balaban J connectivity index is 2.10. The average Bonchev–Trinajstić information content (AvgIpc) is 2.07. The summed E-state index contributed by atoms with van der Waals surface area (Å²) in [6, 6.07) is 0. The predicted molar refractivity (Wildman–Crippen MR) is 46.6 cm³/mol. The molecule has 0 amide bonds. The zero-order valence-electron chi connectivity index (χ0n) is 7.03. The maximum atomic E-state index is 3.95. The average molecular weight is 151 g/mol. The summed E-state index contributed by atoms with van der Waals surface area (Å²) in [6.45, 7) is 3.34. The van der Waals surface area contributed by atoms with Crippen LogP contribution >= 0.6 is 0 Å². The van der Waals surface area contributed by atoms with E-state index in [2.05, 4.69) is 17.1 Å². The molecule has 0 aliphatic carbocycles. The van der Waals surface area contributed by atoms with Crippen molar-refractivity contribution in [2.75, 3.05) is 6.54 Å². The summed E-state index contributed by atoms with van der Waals surface area (Å²) in [4.78, 5) is 2.17. The molecular weight excluding hydrogens is 136 g/mol. The predicted octanol–water partition coefficient (Wildman–Crippen LogP) is 2.04. The third-order valence-electron chi connectivity index (χ3n) is 1.71. The van der Waals surface area contributed by atoms with Crippen LogP contribution in [-0.2, 0) is 0 Å². The monoisotopic (exact) mass is 151 g/mol. The van der Waals surface area contributed by atoms with Crippen molar-refractivity contribution in [3.8, 4) is 0 Å². The minimum atomic E-state index is 1.12. The summed E-state index contributed by atoms with van der Waals surface area (Å²) in [6.07, 6.45) is 11.5. The van der Waals surface area contributed by atoms with Gasteiger partial charge in [-0.2, -0.15) is 0 Å². The van der Waals surface area contributed by atoms with Crippen LogP contribution < -0.4 is 5.32 Å². The van der Waals surface area contributed by atoms with E-state index < -0.39 is 0 Å². The zero-order chi connectivity index (χ0) is 7.94. The van der Waals surface area contributed by atoms with Gasteiger partial charge >= 0.3 is 0 Å². The Kier molecular flexibility index (Phi) is 3.59. The van der Waals surface area contributed by atoms with Crippen LogP contribution in [0.1, 0.15) is 26.2 Å². The van der Waals surface area contributed by atoms with E-state index >= 15 is 0 Å². The maximum Gasteiger partial charge on any atom is 0.0430 e. The molecule has 0 saturated carbocycles. The van der Waals surface area contributed by atoms with Gasteiger partial charge in [0.05, 0.1) is 0 Å². The second-order valence-corrected chi connectivity index (χ2v) is 2.69. The number of unbranched alkanes of at least 4 members (excludes halogenated alkanes) is 2. The van der Waals surface area contributed by atoms with E-state index in [4.69, 9.17) is 0 Å². The van der Waals surface area contributed by atoms with Gasteiger partial charge in [-0.3, -0.25) is 5.32 Å². The summed E-state index contributed by atoms with van der Waals surface area (Å²) in [7, 11) is 0. The van der Waals surface area contributed by atoms with E-state index in [0.717, 1.165) is 6.54 Å². The normalized spacial score (nSPS) is 15.2. The van der Waals surface area contributed by atoms with Crippen molar-refractivity contribution >= 4 is 0 Å². The first-order valence-corrected chi connectivity index (χ1v) is 4.22. The minimum absolute atomic E-state index is 1.12. The number of rotatable bonds is 4. The van der Waals surface area contributed by atoms with Crippen molar-refractivity contribution in [2.24, 2.45) is 0 Å². The Morgan fingerprint density at radius 1 is 1.18 bits per heavy atom. The fourth-order valence-corrected chi connectivity index (χ4v) is 1.04. The van der Waals surface area contributed by atoms with Crippen LogP contribution in [0.2, 0.25) is 0 Å². The van der Waals surface area contributed by atoms with E-state index in [1.54, 1.807) is 0 Å². The fraction of sp³-hybridized carbons (Fsp3) is 0.556. The molecule has 0 fully saturated rings. The summed E-state index contributed by atoms with van der Waals surface area (Å²) in [5, 5.41) is 3.95. The van der Waals surface area contributed by atoms with Crippen LogP contribution in [0.15, 0.2) is 24.8 Å². The third kappa shape index (κ3) is 3.12. The van der Waals surface area contributed by atoms with Crippen LogP contribution in [0.5, 0.6) is 0 Å². The van der Waals surface area contributed by atoms with Gasteiger partial charge < -0.3 is 4.90 Å². The molecule has 0 aromatic rings. The molecule has 1 rings (SSSR count). The standard InChI is InChI=1S/C9H15N2/c1-2-3-4-7-11-8-5-10-6-9-11/h5-6,8-9H,2-4,7H2,1H3. The number of hydrogen-bond acceptors (Lipinski definition) is 1. The van der Waals surface area contributed by atoms with Crippen molar-refractivity contribution < 1.29 is 0 Å². The second-order valence-electron chi connectivity index (χ2n) is 2.69. The Morgan fingerprint density at radius 3 is 2.55 bits per heavy atom. The SMILES string of the molecule is CCCCCN1C=C[N]C=C1. The molecule has 1 radical (unpaired) electrons. The Labute approximate surface area is 68.6 Å². The third-order valence-corrected chi connectivity index (χ3v) is 1.71. The van der Waals surface area contributed by atoms with E-state index in [1.165, 1.54) is 19.3 Å². The molecule has 0 saturated heterocycles. The van der Waals surface area contributed by atoms with E-state index in [-0.39, 0.29) is 0 Å². The summed E-state index contributed by atoms with van der Waals surface area (Å²) in [5.41, 5.74) is 0. The van der Waals surface area contributed by atoms with Crippen molar-refractivity contribution in [1.82, 2.24) is 10.2 Å². The molecule has 0 N–H and O–H groups in total. The summed E-state index contributed by atoms with van der Waals surface area (Å²) < 4.78 is 0. The first-order valence-electron chi connectivity index (χ1n) is 4.22. The van der Waals surface area contributed by atoms with Gasteiger partial charge in [0.25, 0.3) is 0 Å². The molecule has 11 heavy (non-hydrogen) atoms. The number of hydrogen-bond donors (Lipinski definition) is 0. The number of nitrogens with zero attached hydrogens (tertiary/aromatic N) is 2. The van der Waals surface area contributed by atoms with E-state index in [0.29, 0.717) is 0 Å². The molecule has 0 unspecified atom stereocenters. The molecule has 1 heterocycles. The highest BCUT2D eigenvalue weighted by Crippen LogP contribution is 2.01. The summed E-state index contributed by atoms with van der Waals surface area (Å²) in [5.74, 6) is 0. The molecule has 61 valence electrons. The quantitative estimate of drug-likeness (QED) is 0.562.